The number of hydrogen-bond acceptors (Lipinski definition) is 2. The molecule has 1 saturated heterocycles. The van der Waals surface area contributed by atoms with E-state index in [1.54, 1.807) is 0 Å². The van der Waals surface area contributed by atoms with Gasteiger partial charge in [-0.3, -0.25) is 4.90 Å². The summed E-state index contributed by atoms with van der Waals surface area (Å²) < 4.78 is 0. The molecule has 5 heteroatoms. The first-order chi connectivity index (χ1) is 12.5. The highest BCUT2D eigenvalue weighted by Crippen LogP contribution is 2.18. The van der Waals surface area contributed by atoms with Crippen molar-refractivity contribution in [1.29, 1.82) is 0 Å². The lowest BCUT2D eigenvalue weighted by molar-refractivity contribution is 0.177. The minimum absolute atomic E-state index is 0.546. The second-order valence-corrected chi connectivity index (χ2v) is 7.92. The number of nitrogens with one attached hydrogen (secondary N) is 1. The van der Waals surface area contributed by atoms with Gasteiger partial charge in [0.25, 0.3) is 0 Å². The fraction of sp³-hybridized carbons (Fsp3) is 0.381. The van der Waals surface area contributed by atoms with Gasteiger partial charge in [0.2, 0.25) is 0 Å². The van der Waals surface area contributed by atoms with Crippen LogP contribution in [0.5, 0.6) is 0 Å². The molecule has 0 spiro atoms. The van der Waals surface area contributed by atoms with E-state index in [2.05, 4.69) is 65.4 Å². The first kappa shape index (κ1) is 19.2. The van der Waals surface area contributed by atoms with Crippen LogP contribution in [0.4, 0.5) is 5.69 Å². The zero-order valence-corrected chi connectivity index (χ0v) is 17.0. The largest absolute Gasteiger partial charge is 0.346 e. The summed E-state index contributed by atoms with van der Waals surface area (Å²) in [5.41, 5.74) is 3.70. The van der Waals surface area contributed by atoms with Gasteiger partial charge in [0.05, 0.1) is 0 Å². The molecule has 26 heavy (non-hydrogen) atoms. The second-order valence-electron chi connectivity index (χ2n) is 7.10. The van der Waals surface area contributed by atoms with E-state index in [-0.39, 0.29) is 0 Å². The molecule has 1 aliphatic heterocycles. The van der Waals surface area contributed by atoms with E-state index in [0.29, 0.717) is 5.92 Å². The normalized spacial score (nSPS) is 15.3. The summed E-state index contributed by atoms with van der Waals surface area (Å²) in [6.45, 7) is 9.29. The van der Waals surface area contributed by atoms with Gasteiger partial charge in [-0.2, -0.15) is 0 Å². The summed E-state index contributed by atoms with van der Waals surface area (Å²) in [5, 5.41) is 4.97. The molecule has 0 radical (unpaired) electrons. The van der Waals surface area contributed by atoms with Gasteiger partial charge in [-0.1, -0.05) is 49.7 Å². The summed E-state index contributed by atoms with van der Waals surface area (Å²) in [6, 6.07) is 16.7. The molecule has 0 unspecified atom stereocenters. The van der Waals surface area contributed by atoms with Crippen LogP contribution in [0, 0.1) is 0 Å². The SMILES string of the molecule is CC(C)c1ccc(NC(=S)N2CCN(Cc3ccc(Cl)cc3)CC2)cc1. The van der Waals surface area contributed by atoms with Crippen molar-refractivity contribution in [3.63, 3.8) is 0 Å². The van der Waals surface area contributed by atoms with Crippen LogP contribution < -0.4 is 5.32 Å². The quantitative estimate of drug-likeness (QED) is 0.745. The Morgan fingerprint density at radius 3 is 2.19 bits per heavy atom. The zero-order chi connectivity index (χ0) is 18.5. The Hall–Kier alpha value is -1.62. The van der Waals surface area contributed by atoms with Crippen molar-refractivity contribution < 1.29 is 0 Å². The van der Waals surface area contributed by atoms with Gasteiger partial charge >= 0.3 is 0 Å². The van der Waals surface area contributed by atoms with Crippen molar-refractivity contribution in [3.05, 3.63) is 64.7 Å². The second kappa shape index (κ2) is 8.85. The molecule has 1 aliphatic rings. The van der Waals surface area contributed by atoms with Crippen LogP contribution in [0.2, 0.25) is 5.02 Å². The first-order valence-electron chi connectivity index (χ1n) is 9.14. The summed E-state index contributed by atoms with van der Waals surface area (Å²) in [5.74, 6) is 0.546. The van der Waals surface area contributed by atoms with E-state index in [1.165, 1.54) is 11.1 Å². The topological polar surface area (TPSA) is 18.5 Å². The van der Waals surface area contributed by atoms with Gasteiger partial charge in [0.15, 0.2) is 5.11 Å². The molecular formula is C21H26ClN3S. The van der Waals surface area contributed by atoms with E-state index in [9.17, 15) is 0 Å². The van der Waals surface area contributed by atoms with Crippen molar-refractivity contribution in [2.24, 2.45) is 0 Å². The van der Waals surface area contributed by atoms with Crippen LogP contribution in [0.15, 0.2) is 48.5 Å². The number of hydrogen-bond donors (Lipinski definition) is 1. The summed E-state index contributed by atoms with van der Waals surface area (Å²) in [4.78, 5) is 4.71. The molecule has 1 N–H and O–H groups in total. The number of nitrogens with zero attached hydrogens (tertiary/aromatic N) is 2. The molecule has 0 saturated carbocycles. The highest BCUT2D eigenvalue weighted by atomic mass is 35.5. The molecule has 0 aromatic heterocycles. The van der Waals surface area contributed by atoms with E-state index in [4.69, 9.17) is 23.8 Å². The van der Waals surface area contributed by atoms with E-state index < -0.39 is 0 Å². The Balaban J connectivity index is 1.47. The fourth-order valence-electron chi connectivity index (χ4n) is 3.11. The predicted octanol–water partition coefficient (Wildman–Crippen LogP) is 4.98. The summed E-state index contributed by atoms with van der Waals surface area (Å²) in [7, 11) is 0. The highest BCUT2D eigenvalue weighted by Gasteiger charge is 2.19. The van der Waals surface area contributed by atoms with Gasteiger partial charge in [-0.15, -0.1) is 0 Å². The number of piperazine rings is 1. The van der Waals surface area contributed by atoms with Gasteiger partial charge < -0.3 is 10.2 Å². The van der Waals surface area contributed by atoms with Gasteiger partial charge in [-0.25, -0.2) is 0 Å². The average Bonchev–Trinajstić information content (AvgIpc) is 2.64. The molecule has 1 heterocycles. The third-order valence-electron chi connectivity index (χ3n) is 4.81. The summed E-state index contributed by atoms with van der Waals surface area (Å²) >= 11 is 11.6. The number of thiocarbonyl (C=S) groups is 1. The van der Waals surface area contributed by atoms with Gasteiger partial charge in [0, 0.05) is 43.4 Å². The number of benzene rings is 2. The Bertz CT molecular complexity index is 720. The van der Waals surface area contributed by atoms with Crippen molar-refractivity contribution >= 4 is 34.6 Å². The Morgan fingerprint density at radius 2 is 1.62 bits per heavy atom. The van der Waals surface area contributed by atoms with E-state index in [1.807, 2.05) is 12.1 Å². The standard InChI is InChI=1S/C21H26ClN3S/c1-16(2)18-5-9-20(10-6-18)23-21(26)25-13-11-24(12-14-25)15-17-3-7-19(22)8-4-17/h3-10,16H,11-15H2,1-2H3,(H,23,26). The first-order valence-corrected chi connectivity index (χ1v) is 9.92. The Morgan fingerprint density at radius 1 is 1.00 bits per heavy atom. The number of rotatable bonds is 4. The molecular weight excluding hydrogens is 362 g/mol. The third kappa shape index (κ3) is 5.19. The molecule has 1 fully saturated rings. The monoisotopic (exact) mass is 387 g/mol. The fourth-order valence-corrected chi connectivity index (χ4v) is 3.54. The van der Waals surface area contributed by atoms with Crippen LogP contribution in [0.25, 0.3) is 0 Å². The molecule has 2 aromatic carbocycles. The molecule has 0 bridgehead atoms. The number of halogens is 1. The van der Waals surface area contributed by atoms with Gasteiger partial charge in [-0.05, 0) is 53.5 Å². The molecule has 0 atom stereocenters. The minimum atomic E-state index is 0.546. The van der Waals surface area contributed by atoms with E-state index in [0.717, 1.165) is 48.5 Å². The molecule has 3 nitrogen and oxygen atoms in total. The Labute approximate surface area is 166 Å². The third-order valence-corrected chi connectivity index (χ3v) is 5.42. The lowest BCUT2D eigenvalue weighted by Crippen LogP contribution is -2.49. The maximum absolute atomic E-state index is 5.96. The maximum atomic E-state index is 5.96. The van der Waals surface area contributed by atoms with Crippen LogP contribution in [-0.4, -0.2) is 41.1 Å². The molecule has 3 rings (SSSR count). The molecule has 138 valence electrons. The highest BCUT2D eigenvalue weighted by molar-refractivity contribution is 7.80. The van der Waals surface area contributed by atoms with Crippen molar-refractivity contribution in [2.45, 2.75) is 26.3 Å². The lowest BCUT2D eigenvalue weighted by Gasteiger charge is -2.36. The van der Waals surface area contributed by atoms with Crippen LogP contribution >= 0.6 is 23.8 Å². The zero-order valence-electron chi connectivity index (χ0n) is 15.4. The molecule has 2 aromatic rings. The van der Waals surface area contributed by atoms with Crippen molar-refractivity contribution in [1.82, 2.24) is 9.80 Å². The van der Waals surface area contributed by atoms with E-state index >= 15 is 0 Å². The Kier molecular flexibility index (Phi) is 6.52. The predicted molar refractivity (Wildman–Crippen MR) is 115 cm³/mol. The maximum Gasteiger partial charge on any atom is 0.173 e. The van der Waals surface area contributed by atoms with Crippen LogP contribution in [-0.2, 0) is 6.54 Å². The average molecular weight is 388 g/mol. The van der Waals surface area contributed by atoms with Crippen molar-refractivity contribution in [3.8, 4) is 0 Å². The lowest BCUT2D eigenvalue weighted by atomic mass is 10.0. The minimum Gasteiger partial charge on any atom is -0.346 e. The number of anilines is 1. The molecule has 0 amide bonds. The molecule has 0 aliphatic carbocycles. The summed E-state index contributed by atoms with van der Waals surface area (Å²) in [6.07, 6.45) is 0. The van der Waals surface area contributed by atoms with Crippen LogP contribution in [0.3, 0.4) is 0 Å². The smallest absolute Gasteiger partial charge is 0.173 e. The van der Waals surface area contributed by atoms with Crippen LogP contribution in [0.1, 0.15) is 30.9 Å². The van der Waals surface area contributed by atoms with Crippen molar-refractivity contribution in [2.75, 3.05) is 31.5 Å². The van der Waals surface area contributed by atoms with Gasteiger partial charge in [0.1, 0.15) is 0 Å².